The van der Waals surface area contributed by atoms with E-state index in [1.807, 2.05) is 12.1 Å². The van der Waals surface area contributed by atoms with Crippen LogP contribution >= 0.6 is 0 Å². The fourth-order valence-corrected chi connectivity index (χ4v) is 5.11. The summed E-state index contributed by atoms with van der Waals surface area (Å²) in [5.41, 5.74) is 0.280. The van der Waals surface area contributed by atoms with Crippen LogP contribution in [0.25, 0.3) is 22.6 Å². The largest absolute Gasteiger partial charge is 0.481 e. The SMILES string of the molecule is O=C(O)C[C@H]1CC[C@H](OC2CCN(c3ccc(-c4nc5cc(C(F)(F)F)cnc5[nH]4)cn3)CC2)CC1. The summed E-state index contributed by atoms with van der Waals surface area (Å²) in [6.45, 7) is 1.64. The zero-order valence-electron chi connectivity index (χ0n) is 19.7. The summed E-state index contributed by atoms with van der Waals surface area (Å²) in [5.74, 6) is 0.801. The molecule has 8 nitrogen and oxygen atoms in total. The van der Waals surface area contributed by atoms with Crippen LogP contribution in [0.3, 0.4) is 0 Å². The predicted molar refractivity (Wildman–Crippen MR) is 126 cm³/mol. The number of rotatable bonds is 6. The molecule has 5 rings (SSSR count). The van der Waals surface area contributed by atoms with Crippen LogP contribution in [0.15, 0.2) is 30.6 Å². The van der Waals surface area contributed by atoms with E-state index in [9.17, 15) is 18.0 Å². The van der Waals surface area contributed by atoms with E-state index in [2.05, 4.69) is 24.8 Å². The van der Waals surface area contributed by atoms with Crippen molar-refractivity contribution in [1.82, 2.24) is 19.9 Å². The second-order valence-corrected chi connectivity index (χ2v) is 9.64. The van der Waals surface area contributed by atoms with Gasteiger partial charge in [-0.15, -0.1) is 0 Å². The summed E-state index contributed by atoms with van der Waals surface area (Å²) in [4.78, 5) is 28.7. The van der Waals surface area contributed by atoms with Gasteiger partial charge in [0.2, 0.25) is 0 Å². The Labute approximate surface area is 205 Å². The van der Waals surface area contributed by atoms with Crippen LogP contribution in [0.5, 0.6) is 0 Å². The van der Waals surface area contributed by atoms with Crippen molar-refractivity contribution in [2.75, 3.05) is 18.0 Å². The quantitative estimate of drug-likeness (QED) is 0.485. The smallest absolute Gasteiger partial charge is 0.417 e. The van der Waals surface area contributed by atoms with Crippen LogP contribution < -0.4 is 4.90 Å². The van der Waals surface area contributed by atoms with Gasteiger partial charge in [-0.3, -0.25) is 4.79 Å². The second-order valence-electron chi connectivity index (χ2n) is 9.64. The third-order valence-electron chi connectivity index (χ3n) is 7.09. The van der Waals surface area contributed by atoms with E-state index >= 15 is 0 Å². The van der Waals surface area contributed by atoms with E-state index in [-0.39, 0.29) is 30.1 Å². The van der Waals surface area contributed by atoms with Crippen LogP contribution in [0.2, 0.25) is 0 Å². The van der Waals surface area contributed by atoms with Gasteiger partial charge in [0.05, 0.1) is 17.8 Å². The zero-order chi connectivity index (χ0) is 25.3. The van der Waals surface area contributed by atoms with Gasteiger partial charge in [-0.25, -0.2) is 15.0 Å². The highest BCUT2D eigenvalue weighted by Crippen LogP contribution is 2.32. The molecule has 0 atom stereocenters. The summed E-state index contributed by atoms with van der Waals surface area (Å²) in [5, 5.41) is 8.97. The lowest BCUT2D eigenvalue weighted by Crippen LogP contribution is -2.39. The van der Waals surface area contributed by atoms with Crippen LogP contribution in [0.4, 0.5) is 19.0 Å². The van der Waals surface area contributed by atoms with Crippen molar-refractivity contribution in [3.8, 4) is 11.4 Å². The van der Waals surface area contributed by atoms with Gasteiger partial charge in [-0.1, -0.05) is 0 Å². The van der Waals surface area contributed by atoms with E-state index in [1.165, 1.54) is 0 Å². The third kappa shape index (κ3) is 5.61. The van der Waals surface area contributed by atoms with Gasteiger partial charge >= 0.3 is 12.1 Å². The Morgan fingerprint density at radius 1 is 1.06 bits per heavy atom. The zero-order valence-corrected chi connectivity index (χ0v) is 19.7. The summed E-state index contributed by atoms with van der Waals surface area (Å²) < 4.78 is 45.1. The Morgan fingerprint density at radius 2 is 1.78 bits per heavy atom. The van der Waals surface area contributed by atoms with Gasteiger partial charge in [-0.2, -0.15) is 13.2 Å². The molecule has 4 heterocycles. The number of aromatic nitrogens is 4. The Bertz CT molecular complexity index is 1200. The molecule has 192 valence electrons. The maximum absolute atomic E-state index is 12.9. The highest BCUT2D eigenvalue weighted by molar-refractivity contribution is 5.76. The average Bonchev–Trinajstić information content (AvgIpc) is 3.29. The van der Waals surface area contributed by atoms with Gasteiger partial charge in [0.15, 0.2) is 5.65 Å². The van der Waals surface area contributed by atoms with E-state index in [4.69, 9.17) is 9.84 Å². The summed E-state index contributed by atoms with van der Waals surface area (Å²) in [6, 6.07) is 4.73. The summed E-state index contributed by atoms with van der Waals surface area (Å²) >= 11 is 0. The lowest BCUT2D eigenvalue weighted by Gasteiger charge is -2.36. The second kappa shape index (κ2) is 10.0. The van der Waals surface area contributed by atoms with Crippen molar-refractivity contribution in [1.29, 1.82) is 0 Å². The molecule has 0 amide bonds. The maximum Gasteiger partial charge on any atom is 0.417 e. The van der Waals surface area contributed by atoms with Crippen molar-refractivity contribution in [2.45, 2.75) is 63.3 Å². The van der Waals surface area contributed by atoms with Crippen molar-refractivity contribution in [3.63, 3.8) is 0 Å². The molecule has 0 unspecified atom stereocenters. The first-order valence-electron chi connectivity index (χ1n) is 12.3. The molecule has 1 saturated carbocycles. The number of H-pyrrole nitrogens is 1. The fraction of sp³-hybridized carbons (Fsp3) is 0.520. The number of hydrogen-bond acceptors (Lipinski definition) is 6. The van der Waals surface area contributed by atoms with Crippen molar-refractivity contribution in [2.24, 2.45) is 5.92 Å². The first-order chi connectivity index (χ1) is 17.2. The third-order valence-corrected chi connectivity index (χ3v) is 7.09. The maximum atomic E-state index is 12.9. The molecule has 1 saturated heterocycles. The Balaban J connectivity index is 1.14. The topological polar surface area (TPSA) is 104 Å². The van der Waals surface area contributed by atoms with E-state index < -0.39 is 17.7 Å². The number of carboxylic acids is 1. The van der Waals surface area contributed by atoms with E-state index in [0.29, 0.717) is 17.0 Å². The lowest BCUT2D eigenvalue weighted by atomic mass is 9.85. The standard InChI is InChI=1S/C25H28F3N5O3/c26-25(27,28)17-12-20-24(30-14-17)32-23(31-20)16-3-6-21(29-13-16)33-9-7-19(8-10-33)36-18-4-1-15(2-5-18)11-22(34)35/h3,6,12-15,18-19H,1-2,4-5,7-11H2,(H,34,35)(H,30,31,32)/t15-,18-. The average molecular weight is 504 g/mol. The monoisotopic (exact) mass is 503 g/mol. The number of nitrogens with zero attached hydrogens (tertiary/aromatic N) is 4. The Hall–Kier alpha value is -3.21. The molecular formula is C25H28F3N5O3. The molecular weight excluding hydrogens is 475 g/mol. The van der Waals surface area contributed by atoms with Gasteiger partial charge in [-0.05, 0) is 62.6 Å². The fourth-order valence-electron chi connectivity index (χ4n) is 5.11. The highest BCUT2D eigenvalue weighted by Gasteiger charge is 2.32. The molecule has 0 aromatic carbocycles. The number of carbonyl (C=O) groups is 1. The van der Waals surface area contributed by atoms with Crippen LogP contribution in [0, 0.1) is 5.92 Å². The lowest BCUT2D eigenvalue weighted by molar-refractivity contribution is -0.139. The predicted octanol–water partition coefficient (Wildman–Crippen LogP) is 5.06. The number of pyridine rings is 2. The number of aromatic amines is 1. The molecule has 0 spiro atoms. The first kappa shape index (κ1) is 24.5. The number of carboxylic acid groups (broad SMARTS) is 1. The molecule has 0 radical (unpaired) electrons. The molecule has 11 heteroatoms. The minimum atomic E-state index is -4.47. The highest BCUT2D eigenvalue weighted by atomic mass is 19.4. The van der Waals surface area contributed by atoms with Crippen molar-refractivity contribution in [3.05, 3.63) is 36.2 Å². The number of fused-ring (bicyclic) bond motifs is 1. The molecule has 1 aliphatic carbocycles. The molecule has 2 aliphatic rings. The Kier molecular flexibility index (Phi) is 6.83. The normalized spacial score (nSPS) is 21.7. The van der Waals surface area contributed by atoms with Crippen molar-refractivity contribution < 1.29 is 27.8 Å². The molecule has 2 fully saturated rings. The summed E-state index contributed by atoms with van der Waals surface area (Å²) in [7, 11) is 0. The minimum absolute atomic E-state index is 0.154. The molecule has 3 aromatic rings. The molecule has 0 bridgehead atoms. The van der Waals surface area contributed by atoms with Gasteiger partial charge < -0.3 is 19.7 Å². The Morgan fingerprint density at radius 3 is 2.42 bits per heavy atom. The number of imidazole rings is 1. The first-order valence-corrected chi connectivity index (χ1v) is 12.3. The number of aliphatic carboxylic acids is 1. The van der Waals surface area contributed by atoms with Gasteiger partial charge in [0.1, 0.15) is 17.2 Å². The number of nitrogens with one attached hydrogen (secondary N) is 1. The number of halogens is 3. The van der Waals surface area contributed by atoms with E-state index in [0.717, 1.165) is 69.7 Å². The van der Waals surface area contributed by atoms with E-state index in [1.54, 1.807) is 6.20 Å². The van der Waals surface area contributed by atoms with Gasteiger partial charge in [0, 0.05) is 37.5 Å². The minimum Gasteiger partial charge on any atom is -0.481 e. The van der Waals surface area contributed by atoms with Crippen LogP contribution in [-0.4, -0.2) is 56.3 Å². The summed E-state index contributed by atoms with van der Waals surface area (Å²) in [6.07, 6.45) is 4.14. The number of ether oxygens (including phenoxy) is 1. The van der Waals surface area contributed by atoms with Gasteiger partial charge in [0.25, 0.3) is 0 Å². The van der Waals surface area contributed by atoms with Crippen molar-refractivity contribution >= 4 is 23.0 Å². The number of anilines is 1. The number of piperidine rings is 1. The van der Waals surface area contributed by atoms with Crippen LogP contribution in [0.1, 0.15) is 50.5 Å². The number of hydrogen-bond donors (Lipinski definition) is 2. The molecule has 1 aliphatic heterocycles. The molecule has 36 heavy (non-hydrogen) atoms. The molecule has 2 N–H and O–H groups in total. The van der Waals surface area contributed by atoms with Crippen LogP contribution in [-0.2, 0) is 15.7 Å². The number of alkyl halides is 3. The molecule has 3 aromatic heterocycles.